The van der Waals surface area contributed by atoms with Crippen molar-refractivity contribution in [1.82, 2.24) is 5.43 Å². The van der Waals surface area contributed by atoms with Crippen molar-refractivity contribution in [2.24, 2.45) is 11.0 Å². The van der Waals surface area contributed by atoms with Crippen LogP contribution in [0.1, 0.15) is 13.8 Å². The monoisotopic (exact) mass is 249 g/mol. The molecule has 1 aromatic rings. The van der Waals surface area contributed by atoms with Crippen molar-refractivity contribution in [3.63, 3.8) is 0 Å². The maximum atomic E-state index is 11.4. The van der Waals surface area contributed by atoms with Gasteiger partial charge in [-0.1, -0.05) is 13.8 Å². The van der Waals surface area contributed by atoms with Crippen molar-refractivity contribution in [3.8, 4) is 5.75 Å². The van der Waals surface area contributed by atoms with Crippen LogP contribution in [0.5, 0.6) is 5.75 Å². The molecule has 0 fully saturated rings. The quantitative estimate of drug-likeness (QED) is 0.597. The molecule has 0 unspecified atom stereocenters. The van der Waals surface area contributed by atoms with E-state index in [1.54, 1.807) is 13.3 Å². The lowest BCUT2D eigenvalue weighted by atomic mass is 10.3. The summed E-state index contributed by atoms with van der Waals surface area (Å²) < 4.78 is 5.04. The summed E-state index contributed by atoms with van der Waals surface area (Å²) in [6.45, 7) is 4.16. The minimum atomic E-state index is -0.178. The number of methoxy groups -OCH3 is 1. The summed E-state index contributed by atoms with van der Waals surface area (Å²) >= 11 is 0. The first kappa shape index (κ1) is 14.0. The maximum absolute atomic E-state index is 11.4. The van der Waals surface area contributed by atoms with Crippen LogP contribution in [0.3, 0.4) is 0 Å². The van der Waals surface area contributed by atoms with E-state index in [9.17, 15) is 4.79 Å². The molecule has 1 aromatic carbocycles. The van der Waals surface area contributed by atoms with Crippen LogP contribution in [0.4, 0.5) is 5.69 Å². The largest absolute Gasteiger partial charge is 0.497 e. The van der Waals surface area contributed by atoms with E-state index in [1.807, 2.05) is 38.1 Å². The fourth-order valence-corrected chi connectivity index (χ4v) is 1.19. The van der Waals surface area contributed by atoms with Crippen LogP contribution in [0, 0.1) is 5.92 Å². The Labute approximate surface area is 107 Å². The number of nitrogens with zero attached hydrogens (tertiary/aromatic N) is 1. The molecular formula is C13H19N3O2. The second-order valence-corrected chi connectivity index (χ2v) is 4.14. The number of hydrogen-bond acceptors (Lipinski definition) is 4. The predicted molar refractivity (Wildman–Crippen MR) is 73.0 cm³/mol. The third-order valence-electron chi connectivity index (χ3n) is 2.11. The van der Waals surface area contributed by atoms with Gasteiger partial charge in [0.05, 0.1) is 13.7 Å². The fourth-order valence-electron chi connectivity index (χ4n) is 1.19. The zero-order valence-corrected chi connectivity index (χ0v) is 10.9. The van der Waals surface area contributed by atoms with Crippen LogP contribution in [0.2, 0.25) is 0 Å². The molecule has 0 bridgehead atoms. The SMILES string of the molecule is COc1ccc(NCC(=O)N/N=C/C(C)C)cc1. The Morgan fingerprint density at radius 2 is 2.06 bits per heavy atom. The standard InChI is InChI=1S/C13H19N3O2/c1-10(2)8-15-16-13(17)9-14-11-4-6-12(18-3)7-5-11/h4-8,10,14H,9H2,1-3H3,(H,16,17)/b15-8+. The van der Waals surface area contributed by atoms with Gasteiger partial charge >= 0.3 is 0 Å². The van der Waals surface area contributed by atoms with E-state index in [2.05, 4.69) is 15.8 Å². The van der Waals surface area contributed by atoms with Gasteiger partial charge in [0, 0.05) is 11.9 Å². The Balaban J connectivity index is 2.33. The summed E-state index contributed by atoms with van der Waals surface area (Å²) in [4.78, 5) is 11.4. The average Bonchev–Trinajstić information content (AvgIpc) is 2.36. The lowest BCUT2D eigenvalue weighted by Crippen LogP contribution is -2.26. The van der Waals surface area contributed by atoms with Gasteiger partial charge in [-0.25, -0.2) is 5.43 Å². The van der Waals surface area contributed by atoms with Crippen molar-refractivity contribution < 1.29 is 9.53 Å². The molecule has 2 N–H and O–H groups in total. The molecule has 0 aliphatic carbocycles. The number of nitrogens with one attached hydrogen (secondary N) is 2. The van der Waals surface area contributed by atoms with Gasteiger partial charge in [0.25, 0.3) is 5.91 Å². The first-order valence-corrected chi connectivity index (χ1v) is 5.81. The molecule has 0 aromatic heterocycles. The molecule has 0 saturated heterocycles. The van der Waals surface area contributed by atoms with E-state index in [4.69, 9.17) is 4.74 Å². The molecule has 0 atom stereocenters. The second kappa shape index (κ2) is 7.32. The molecule has 1 rings (SSSR count). The minimum absolute atomic E-state index is 0.178. The van der Waals surface area contributed by atoms with Gasteiger partial charge in [-0.05, 0) is 30.2 Å². The van der Waals surface area contributed by atoms with Crippen LogP contribution in [0.25, 0.3) is 0 Å². The number of anilines is 1. The summed E-state index contributed by atoms with van der Waals surface area (Å²) in [6, 6.07) is 7.36. The number of benzene rings is 1. The highest BCUT2D eigenvalue weighted by molar-refractivity contribution is 5.81. The molecule has 5 nitrogen and oxygen atoms in total. The van der Waals surface area contributed by atoms with Crippen LogP contribution < -0.4 is 15.5 Å². The first-order chi connectivity index (χ1) is 8.61. The molecule has 0 aliphatic rings. The number of hydrazone groups is 1. The summed E-state index contributed by atoms with van der Waals surface area (Å²) in [6.07, 6.45) is 1.69. The number of hydrogen-bond donors (Lipinski definition) is 2. The molecule has 0 spiro atoms. The fraction of sp³-hybridized carbons (Fsp3) is 0.385. The Kier molecular flexibility index (Phi) is 5.70. The lowest BCUT2D eigenvalue weighted by molar-refractivity contribution is -0.119. The smallest absolute Gasteiger partial charge is 0.259 e. The van der Waals surface area contributed by atoms with Crippen LogP contribution in [-0.4, -0.2) is 25.8 Å². The van der Waals surface area contributed by atoms with Crippen LogP contribution in [0.15, 0.2) is 29.4 Å². The molecule has 0 aliphatic heterocycles. The molecule has 1 amide bonds. The summed E-state index contributed by atoms with van der Waals surface area (Å²) in [5.74, 6) is 0.925. The van der Waals surface area contributed by atoms with Gasteiger partial charge in [-0.2, -0.15) is 5.10 Å². The van der Waals surface area contributed by atoms with Crippen molar-refractivity contribution >= 4 is 17.8 Å². The van der Waals surface area contributed by atoms with Gasteiger partial charge in [0.15, 0.2) is 0 Å². The summed E-state index contributed by atoms with van der Waals surface area (Å²) in [5.41, 5.74) is 3.31. The third-order valence-corrected chi connectivity index (χ3v) is 2.11. The van der Waals surface area contributed by atoms with E-state index in [-0.39, 0.29) is 12.5 Å². The van der Waals surface area contributed by atoms with Gasteiger partial charge in [0.1, 0.15) is 5.75 Å². The zero-order valence-electron chi connectivity index (χ0n) is 10.9. The van der Waals surface area contributed by atoms with Gasteiger partial charge in [-0.15, -0.1) is 0 Å². The van der Waals surface area contributed by atoms with E-state index >= 15 is 0 Å². The molecule has 0 saturated carbocycles. The van der Waals surface area contributed by atoms with E-state index in [0.29, 0.717) is 5.92 Å². The minimum Gasteiger partial charge on any atom is -0.497 e. The van der Waals surface area contributed by atoms with Crippen molar-refractivity contribution in [2.45, 2.75) is 13.8 Å². The average molecular weight is 249 g/mol. The van der Waals surface area contributed by atoms with E-state index in [1.165, 1.54) is 0 Å². The van der Waals surface area contributed by atoms with E-state index in [0.717, 1.165) is 11.4 Å². The number of rotatable bonds is 6. The molecular weight excluding hydrogens is 230 g/mol. The zero-order chi connectivity index (χ0) is 13.4. The lowest BCUT2D eigenvalue weighted by Gasteiger charge is -2.06. The number of ether oxygens (including phenoxy) is 1. The maximum Gasteiger partial charge on any atom is 0.259 e. The van der Waals surface area contributed by atoms with Gasteiger partial charge in [-0.3, -0.25) is 4.79 Å². The molecule has 98 valence electrons. The Morgan fingerprint density at radius 1 is 1.39 bits per heavy atom. The molecule has 5 heteroatoms. The first-order valence-electron chi connectivity index (χ1n) is 5.81. The second-order valence-electron chi connectivity index (χ2n) is 4.14. The third kappa shape index (κ3) is 5.34. The molecule has 0 radical (unpaired) electrons. The Hall–Kier alpha value is -2.04. The van der Waals surface area contributed by atoms with Crippen molar-refractivity contribution in [3.05, 3.63) is 24.3 Å². The van der Waals surface area contributed by atoms with Crippen LogP contribution in [-0.2, 0) is 4.79 Å². The predicted octanol–water partition coefficient (Wildman–Crippen LogP) is 1.87. The number of carbonyl (C=O) groups is 1. The molecule has 0 heterocycles. The summed E-state index contributed by atoms with van der Waals surface area (Å²) in [5, 5.41) is 6.82. The molecule has 18 heavy (non-hydrogen) atoms. The van der Waals surface area contributed by atoms with Gasteiger partial charge in [0.2, 0.25) is 0 Å². The van der Waals surface area contributed by atoms with Crippen LogP contribution >= 0.6 is 0 Å². The topological polar surface area (TPSA) is 62.7 Å². The summed E-state index contributed by atoms with van der Waals surface area (Å²) in [7, 11) is 1.61. The Bertz CT molecular complexity index is 399. The van der Waals surface area contributed by atoms with E-state index < -0.39 is 0 Å². The highest BCUT2D eigenvalue weighted by atomic mass is 16.5. The number of carbonyl (C=O) groups excluding carboxylic acids is 1. The number of amides is 1. The Morgan fingerprint density at radius 3 is 2.61 bits per heavy atom. The normalized spacial score (nSPS) is 10.7. The highest BCUT2D eigenvalue weighted by Crippen LogP contribution is 2.14. The highest BCUT2D eigenvalue weighted by Gasteiger charge is 1.99. The van der Waals surface area contributed by atoms with Gasteiger partial charge < -0.3 is 10.1 Å². The van der Waals surface area contributed by atoms with Crippen molar-refractivity contribution in [2.75, 3.05) is 19.0 Å². The van der Waals surface area contributed by atoms with Crippen molar-refractivity contribution in [1.29, 1.82) is 0 Å².